The molecule has 118 valence electrons. The number of benzene rings is 1. The molecule has 1 atom stereocenters. The molecule has 1 heterocycles. The van der Waals surface area contributed by atoms with Gasteiger partial charge in [0.05, 0.1) is 11.5 Å². The molecule has 0 aliphatic carbocycles. The molecule has 21 heavy (non-hydrogen) atoms. The quantitative estimate of drug-likeness (QED) is 0.926. The highest BCUT2D eigenvalue weighted by molar-refractivity contribution is 7.92. The molecule has 4 nitrogen and oxygen atoms in total. The van der Waals surface area contributed by atoms with Gasteiger partial charge in [-0.05, 0) is 43.0 Å². The van der Waals surface area contributed by atoms with E-state index >= 15 is 0 Å². The minimum atomic E-state index is -5.28. The Hall–Kier alpha value is -1.28. The van der Waals surface area contributed by atoms with E-state index in [-0.39, 0.29) is 0 Å². The first-order valence-corrected chi connectivity index (χ1v) is 8.02. The second kappa shape index (κ2) is 6.23. The Kier molecular flexibility index (Phi) is 4.77. The summed E-state index contributed by atoms with van der Waals surface area (Å²) >= 11 is 0. The molecule has 0 aromatic heterocycles. The Morgan fingerprint density at radius 1 is 1.24 bits per heavy atom. The molecule has 1 unspecified atom stereocenters. The van der Waals surface area contributed by atoms with E-state index in [1.807, 2.05) is 0 Å². The van der Waals surface area contributed by atoms with Crippen molar-refractivity contribution in [3.63, 3.8) is 0 Å². The fraction of sp³-hybridized carbons (Fsp3) is 0.538. The van der Waals surface area contributed by atoms with Crippen LogP contribution in [0, 0.1) is 5.92 Å². The van der Waals surface area contributed by atoms with E-state index in [4.69, 9.17) is 4.74 Å². The van der Waals surface area contributed by atoms with Crippen LogP contribution in [0.25, 0.3) is 0 Å². The van der Waals surface area contributed by atoms with Crippen molar-refractivity contribution < 1.29 is 26.3 Å². The van der Waals surface area contributed by atoms with Crippen LogP contribution in [0.1, 0.15) is 12.8 Å². The van der Waals surface area contributed by atoms with Crippen molar-refractivity contribution in [1.29, 1.82) is 0 Å². The summed E-state index contributed by atoms with van der Waals surface area (Å²) in [6.45, 7) is 2.07. The topological polar surface area (TPSA) is 55.4 Å². The summed E-state index contributed by atoms with van der Waals surface area (Å²) in [7, 11) is -5.28. The number of nitrogens with one attached hydrogen (secondary N) is 1. The Morgan fingerprint density at radius 2 is 1.90 bits per heavy atom. The molecule has 1 aliphatic heterocycles. The maximum absolute atomic E-state index is 12.4. The molecule has 1 fully saturated rings. The molecule has 1 aromatic rings. The molecule has 0 amide bonds. The third-order valence-electron chi connectivity index (χ3n) is 3.32. The molecule has 1 saturated heterocycles. The lowest BCUT2D eigenvalue weighted by molar-refractivity contribution is -0.0436. The normalized spacial score (nSPS) is 20.2. The summed E-state index contributed by atoms with van der Waals surface area (Å²) in [5.41, 5.74) is -4.69. The van der Waals surface area contributed by atoms with Crippen molar-refractivity contribution in [3.05, 3.63) is 24.3 Å². The van der Waals surface area contributed by atoms with Crippen LogP contribution in [0.15, 0.2) is 29.2 Å². The molecular formula is C13H16F3NO3S. The van der Waals surface area contributed by atoms with Gasteiger partial charge in [-0.15, -0.1) is 0 Å². The minimum Gasteiger partial charge on any atom is -0.385 e. The second-order valence-electron chi connectivity index (χ2n) is 4.94. The maximum Gasteiger partial charge on any atom is 0.501 e. The molecule has 1 N–H and O–H groups in total. The highest BCUT2D eigenvalue weighted by atomic mass is 32.2. The predicted octanol–water partition coefficient (Wildman–Crippen LogP) is 2.82. The van der Waals surface area contributed by atoms with Gasteiger partial charge in [0, 0.05) is 18.8 Å². The van der Waals surface area contributed by atoms with Gasteiger partial charge < -0.3 is 10.1 Å². The average Bonchev–Trinajstić information content (AvgIpc) is 2.45. The van der Waals surface area contributed by atoms with Crippen LogP contribution in [-0.4, -0.2) is 33.7 Å². The van der Waals surface area contributed by atoms with Crippen molar-refractivity contribution in [2.75, 3.05) is 25.1 Å². The van der Waals surface area contributed by atoms with Crippen LogP contribution in [-0.2, 0) is 14.6 Å². The van der Waals surface area contributed by atoms with Crippen LogP contribution in [0.2, 0.25) is 0 Å². The van der Waals surface area contributed by atoms with Crippen molar-refractivity contribution in [2.24, 2.45) is 5.92 Å². The van der Waals surface area contributed by atoms with Crippen molar-refractivity contribution in [1.82, 2.24) is 0 Å². The molecule has 2 rings (SSSR count). The number of halogens is 3. The summed E-state index contributed by atoms with van der Waals surface area (Å²) < 4.78 is 64.9. The van der Waals surface area contributed by atoms with E-state index in [0.717, 1.165) is 31.6 Å². The lowest BCUT2D eigenvalue weighted by Gasteiger charge is -2.22. The van der Waals surface area contributed by atoms with E-state index in [0.29, 0.717) is 24.8 Å². The first-order chi connectivity index (χ1) is 9.80. The number of anilines is 1. The van der Waals surface area contributed by atoms with Crippen LogP contribution in [0.4, 0.5) is 18.9 Å². The SMILES string of the molecule is O=S(=O)(c1ccc(NCC2CCCOC2)cc1)C(F)(F)F. The number of hydrogen-bond acceptors (Lipinski definition) is 4. The zero-order valence-electron chi connectivity index (χ0n) is 11.2. The standard InChI is InChI=1S/C13H16F3NO3S/c14-13(15,16)21(18,19)12-5-3-11(4-6-12)17-8-10-2-1-7-20-9-10/h3-6,10,17H,1-2,7-9H2. The Bertz CT molecular complexity index is 563. The largest absolute Gasteiger partial charge is 0.501 e. The van der Waals surface area contributed by atoms with Gasteiger partial charge >= 0.3 is 5.51 Å². The molecule has 1 aromatic carbocycles. The Balaban J connectivity index is 1.99. The van der Waals surface area contributed by atoms with Gasteiger partial charge in [0.15, 0.2) is 0 Å². The van der Waals surface area contributed by atoms with Gasteiger partial charge in [-0.1, -0.05) is 0 Å². The highest BCUT2D eigenvalue weighted by Crippen LogP contribution is 2.30. The van der Waals surface area contributed by atoms with E-state index in [9.17, 15) is 21.6 Å². The van der Waals surface area contributed by atoms with Crippen LogP contribution < -0.4 is 5.32 Å². The number of hydrogen-bond donors (Lipinski definition) is 1. The van der Waals surface area contributed by atoms with E-state index < -0.39 is 20.2 Å². The predicted molar refractivity (Wildman–Crippen MR) is 71.7 cm³/mol. The van der Waals surface area contributed by atoms with Gasteiger partial charge in [-0.25, -0.2) is 8.42 Å². The number of sulfone groups is 1. The van der Waals surface area contributed by atoms with Crippen molar-refractivity contribution in [2.45, 2.75) is 23.2 Å². The Labute approximate surface area is 121 Å². The van der Waals surface area contributed by atoms with Gasteiger partial charge in [-0.2, -0.15) is 13.2 Å². The first kappa shape index (κ1) is 16.1. The van der Waals surface area contributed by atoms with Crippen LogP contribution >= 0.6 is 0 Å². The minimum absolute atomic E-state index is 0.359. The number of ether oxygens (including phenoxy) is 1. The first-order valence-electron chi connectivity index (χ1n) is 6.54. The fourth-order valence-electron chi connectivity index (χ4n) is 2.12. The Morgan fingerprint density at radius 3 is 2.43 bits per heavy atom. The summed E-state index contributed by atoms with van der Waals surface area (Å²) in [5, 5.41) is 3.08. The molecule has 0 spiro atoms. The molecule has 0 saturated carbocycles. The van der Waals surface area contributed by atoms with Gasteiger partial charge in [0.1, 0.15) is 0 Å². The van der Waals surface area contributed by atoms with Crippen LogP contribution in [0.3, 0.4) is 0 Å². The maximum atomic E-state index is 12.4. The number of alkyl halides is 3. The molecule has 0 radical (unpaired) electrons. The van der Waals surface area contributed by atoms with Crippen LogP contribution in [0.5, 0.6) is 0 Å². The van der Waals surface area contributed by atoms with Crippen molar-refractivity contribution >= 4 is 15.5 Å². The summed E-state index contributed by atoms with van der Waals surface area (Å²) in [6.07, 6.45) is 2.03. The van der Waals surface area contributed by atoms with Gasteiger partial charge in [0.2, 0.25) is 0 Å². The average molecular weight is 323 g/mol. The third-order valence-corrected chi connectivity index (χ3v) is 4.82. The summed E-state index contributed by atoms with van der Waals surface area (Å²) in [4.78, 5) is -0.749. The lowest BCUT2D eigenvalue weighted by Crippen LogP contribution is -2.24. The highest BCUT2D eigenvalue weighted by Gasteiger charge is 2.46. The molecule has 0 bridgehead atoms. The van der Waals surface area contributed by atoms with Crippen molar-refractivity contribution in [3.8, 4) is 0 Å². The monoisotopic (exact) mass is 323 g/mol. The lowest BCUT2D eigenvalue weighted by atomic mass is 10.0. The second-order valence-corrected chi connectivity index (χ2v) is 6.88. The fourth-order valence-corrected chi connectivity index (χ4v) is 2.88. The van der Waals surface area contributed by atoms with Gasteiger partial charge in [0.25, 0.3) is 9.84 Å². The van der Waals surface area contributed by atoms with Gasteiger partial charge in [-0.3, -0.25) is 0 Å². The molecule has 1 aliphatic rings. The zero-order chi connectivity index (χ0) is 15.5. The van der Waals surface area contributed by atoms with E-state index in [1.54, 1.807) is 0 Å². The third kappa shape index (κ3) is 3.88. The molecular weight excluding hydrogens is 307 g/mol. The zero-order valence-corrected chi connectivity index (χ0v) is 12.0. The smallest absolute Gasteiger partial charge is 0.385 e. The number of rotatable bonds is 4. The van der Waals surface area contributed by atoms with E-state index in [1.165, 1.54) is 12.1 Å². The summed E-state index contributed by atoms with van der Waals surface area (Å²) in [6, 6.07) is 4.59. The summed E-state index contributed by atoms with van der Waals surface area (Å²) in [5.74, 6) is 0.359. The molecule has 8 heteroatoms. The van der Waals surface area contributed by atoms with E-state index in [2.05, 4.69) is 5.32 Å².